The number of rotatable bonds is 3. The van der Waals surface area contributed by atoms with E-state index in [4.69, 9.17) is 16.3 Å². The first-order chi connectivity index (χ1) is 7.22. The van der Waals surface area contributed by atoms with E-state index in [1.807, 2.05) is 0 Å². The van der Waals surface area contributed by atoms with Gasteiger partial charge in [-0.15, -0.1) is 11.6 Å². The van der Waals surface area contributed by atoms with Crippen molar-refractivity contribution in [3.8, 4) is 0 Å². The molecule has 15 heavy (non-hydrogen) atoms. The number of carbonyl (C=O) groups excluding carboxylic acids is 2. The highest BCUT2D eigenvalue weighted by atomic mass is 35.5. The minimum Gasteiger partial charge on any atom is -0.446 e. The van der Waals surface area contributed by atoms with Crippen LogP contribution < -0.4 is 5.32 Å². The SMILES string of the molecule is O=C(CCCl)NC(=O)OC1CCCCC1. The summed E-state index contributed by atoms with van der Waals surface area (Å²) in [6.07, 6.45) is 4.66. The zero-order chi connectivity index (χ0) is 11.1. The lowest BCUT2D eigenvalue weighted by atomic mass is 9.98. The van der Waals surface area contributed by atoms with Gasteiger partial charge >= 0.3 is 6.09 Å². The summed E-state index contributed by atoms with van der Waals surface area (Å²) in [5.74, 6) is -0.173. The maximum absolute atomic E-state index is 11.2. The normalized spacial score (nSPS) is 17.1. The molecule has 1 rings (SSSR count). The number of amides is 2. The average Bonchev–Trinajstić information content (AvgIpc) is 2.19. The number of carbonyl (C=O) groups is 2. The quantitative estimate of drug-likeness (QED) is 0.761. The molecule has 0 unspecified atom stereocenters. The maximum Gasteiger partial charge on any atom is 0.414 e. The fourth-order valence-corrected chi connectivity index (χ4v) is 1.80. The van der Waals surface area contributed by atoms with Crippen molar-refractivity contribution in [2.24, 2.45) is 0 Å². The summed E-state index contributed by atoms with van der Waals surface area (Å²) in [5, 5.41) is 2.14. The molecule has 1 fully saturated rings. The first kappa shape index (κ1) is 12.3. The maximum atomic E-state index is 11.2. The number of halogens is 1. The third-order valence-corrected chi connectivity index (χ3v) is 2.58. The number of alkyl halides is 1. The molecule has 1 aliphatic carbocycles. The molecule has 0 radical (unpaired) electrons. The van der Waals surface area contributed by atoms with Gasteiger partial charge in [0, 0.05) is 12.3 Å². The number of imide groups is 1. The molecular weight excluding hydrogens is 218 g/mol. The number of hydrogen-bond acceptors (Lipinski definition) is 3. The molecule has 1 aliphatic rings. The van der Waals surface area contributed by atoms with E-state index in [-0.39, 0.29) is 24.3 Å². The fraction of sp³-hybridized carbons (Fsp3) is 0.800. The Balaban J connectivity index is 2.19. The van der Waals surface area contributed by atoms with E-state index < -0.39 is 6.09 Å². The molecule has 0 aromatic heterocycles. The highest BCUT2D eigenvalue weighted by Crippen LogP contribution is 2.20. The zero-order valence-corrected chi connectivity index (χ0v) is 9.39. The predicted molar refractivity (Wildman–Crippen MR) is 56.8 cm³/mol. The summed E-state index contributed by atoms with van der Waals surface area (Å²) in [7, 11) is 0. The van der Waals surface area contributed by atoms with Crippen LogP contribution in [0.2, 0.25) is 0 Å². The van der Waals surface area contributed by atoms with E-state index in [9.17, 15) is 9.59 Å². The smallest absolute Gasteiger partial charge is 0.414 e. The van der Waals surface area contributed by atoms with Crippen molar-refractivity contribution in [1.29, 1.82) is 0 Å². The van der Waals surface area contributed by atoms with Crippen LogP contribution in [0.3, 0.4) is 0 Å². The van der Waals surface area contributed by atoms with Crippen LogP contribution in [-0.2, 0) is 9.53 Å². The zero-order valence-electron chi connectivity index (χ0n) is 8.63. The molecule has 0 atom stereocenters. The van der Waals surface area contributed by atoms with E-state index in [0.29, 0.717) is 0 Å². The summed E-state index contributed by atoms with van der Waals surface area (Å²) in [6.45, 7) is 0. The van der Waals surface area contributed by atoms with Gasteiger partial charge in [0.05, 0.1) is 0 Å². The van der Waals surface area contributed by atoms with E-state index in [0.717, 1.165) is 25.7 Å². The molecule has 86 valence electrons. The molecule has 0 heterocycles. The van der Waals surface area contributed by atoms with Crippen LogP contribution in [0.25, 0.3) is 0 Å². The molecule has 4 nitrogen and oxygen atoms in total. The Kier molecular flexibility index (Phi) is 5.47. The predicted octanol–water partition coefficient (Wildman–Crippen LogP) is 2.20. The average molecular weight is 234 g/mol. The van der Waals surface area contributed by atoms with Crippen LogP contribution in [0.1, 0.15) is 38.5 Å². The van der Waals surface area contributed by atoms with E-state index in [2.05, 4.69) is 5.32 Å². The topological polar surface area (TPSA) is 55.4 Å². The highest BCUT2D eigenvalue weighted by molar-refractivity contribution is 6.19. The summed E-state index contributed by atoms with van der Waals surface area (Å²) in [6, 6.07) is 0. The molecule has 0 saturated heterocycles. The van der Waals surface area contributed by atoms with Crippen LogP contribution in [-0.4, -0.2) is 24.0 Å². The van der Waals surface area contributed by atoms with E-state index >= 15 is 0 Å². The molecular formula is C10H16ClNO3. The van der Waals surface area contributed by atoms with Gasteiger partial charge in [0.2, 0.25) is 5.91 Å². The van der Waals surface area contributed by atoms with Gasteiger partial charge in [0.25, 0.3) is 0 Å². The first-order valence-corrected chi connectivity index (χ1v) is 5.82. The Hall–Kier alpha value is -0.770. The van der Waals surface area contributed by atoms with Gasteiger partial charge in [-0.05, 0) is 25.7 Å². The van der Waals surface area contributed by atoms with Crippen molar-refractivity contribution in [1.82, 2.24) is 5.32 Å². The standard InChI is InChI=1S/C10H16ClNO3/c11-7-6-9(13)12-10(14)15-8-4-2-1-3-5-8/h8H,1-7H2,(H,12,13,14). The first-order valence-electron chi connectivity index (χ1n) is 5.29. The minimum absolute atomic E-state index is 0.0254. The molecule has 2 amide bonds. The Labute approximate surface area is 94.3 Å². The van der Waals surface area contributed by atoms with Crippen LogP contribution in [0.4, 0.5) is 4.79 Å². The lowest BCUT2D eigenvalue weighted by Gasteiger charge is -2.21. The van der Waals surface area contributed by atoms with Crippen LogP contribution >= 0.6 is 11.6 Å². The lowest BCUT2D eigenvalue weighted by molar-refractivity contribution is -0.120. The van der Waals surface area contributed by atoms with Crippen molar-refractivity contribution in [2.45, 2.75) is 44.6 Å². The number of ether oxygens (including phenoxy) is 1. The minimum atomic E-state index is -0.642. The molecule has 0 aromatic rings. The third-order valence-electron chi connectivity index (χ3n) is 2.39. The van der Waals surface area contributed by atoms with Crippen LogP contribution in [0, 0.1) is 0 Å². The van der Waals surface area contributed by atoms with Crippen molar-refractivity contribution >= 4 is 23.6 Å². The summed E-state index contributed by atoms with van der Waals surface area (Å²) in [4.78, 5) is 22.2. The summed E-state index contributed by atoms with van der Waals surface area (Å²) in [5.41, 5.74) is 0. The third kappa shape index (κ3) is 5.02. The van der Waals surface area contributed by atoms with Crippen molar-refractivity contribution in [2.75, 3.05) is 5.88 Å². The molecule has 5 heteroatoms. The molecule has 0 aromatic carbocycles. The van der Waals surface area contributed by atoms with Gasteiger partial charge in [-0.25, -0.2) is 4.79 Å². The van der Waals surface area contributed by atoms with Crippen molar-refractivity contribution in [3.63, 3.8) is 0 Å². The van der Waals surface area contributed by atoms with Gasteiger partial charge in [-0.3, -0.25) is 10.1 Å². The number of nitrogens with one attached hydrogen (secondary N) is 1. The number of hydrogen-bond donors (Lipinski definition) is 1. The molecule has 0 spiro atoms. The monoisotopic (exact) mass is 233 g/mol. The van der Waals surface area contributed by atoms with Gasteiger partial charge in [0.1, 0.15) is 6.10 Å². The fourth-order valence-electron chi connectivity index (χ4n) is 1.63. The van der Waals surface area contributed by atoms with E-state index in [1.54, 1.807) is 0 Å². The van der Waals surface area contributed by atoms with Gasteiger partial charge < -0.3 is 4.74 Å². The summed E-state index contributed by atoms with van der Waals surface area (Å²) < 4.78 is 5.09. The molecule has 1 saturated carbocycles. The van der Waals surface area contributed by atoms with Crippen LogP contribution in [0.15, 0.2) is 0 Å². The van der Waals surface area contributed by atoms with Crippen molar-refractivity contribution in [3.05, 3.63) is 0 Å². The second kappa shape index (κ2) is 6.67. The Bertz CT molecular complexity index is 227. The molecule has 1 N–H and O–H groups in total. The Morgan fingerprint density at radius 1 is 1.27 bits per heavy atom. The Morgan fingerprint density at radius 3 is 2.53 bits per heavy atom. The van der Waals surface area contributed by atoms with Crippen LogP contribution in [0.5, 0.6) is 0 Å². The van der Waals surface area contributed by atoms with Gasteiger partial charge in [0.15, 0.2) is 0 Å². The van der Waals surface area contributed by atoms with Gasteiger partial charge in [-0.2, -0.15) is 0 Å². The van der Waals surface area contributed by atoms with Gasteiger partial charge in [-0.1, -0.05) is 6.42 Å². The molecule has 0 bridgehead atoms. The highest BCUT2D eigenvalue weighted by Gasteiger charge is 2.18. The molecule has 0 aliphatic heterocycles. The largest absolute Gasteiger partial charge is 0.446 e. The second-order valence-corrected chi connectivity index (χ2v) is 4.03. The van der Waals surface area contributed by atoms with E-state index in [1.165, 1.54) is 6.42 Å². The second-order valence-electron chi connectivity index (χ2n) is 3.65. The Morgan fingerprint density at radius 2 is 1.93 bits per heavy atom. The lowest BCUT2D eigenvalue weighted by Crippen LogP contribution is -2.34. The number of alkyl carbamates (subject to hydrolysis) is 1. The van der Waals surface area contributed by atoms with Crippen molar-refractivity contribution < 1.29 is 14.3 Å². The summed E-state index contributed by atoms with van der Waals surface area (Å²) >= 11 is 5.36.